The lowest BCUT2D eigenvalue weighted by atomic mass is 9.89. The maximum absolute atomic E-state index is 3.23. The summed E-state index contributed by atoms with van der Waals surface area (Å²) in [4.78, 5) is 2.61. The molecule has 0 radical (unpaired) electrons. The molecule has 1 heterocycles. The second-order valence-corrected chi connectivity index (χ2v) is 4.88. The van der Waals surface area contributed by atoms with Crippen molar-refractivity contribution >= 4 is 0 Å². The molecule has 1 aliphatic heterocycles. The number of hydrogen-bond acceptors (Lipinski definition) is 2. The summed E-state index contributed by atoms with van der Waals surface area (Å²) >= 11 is 0. The van der Waals surface area contributed by atoms with Crippen molar-refractivity contribution < 1.29 is 0 Å². The van der Waals surface area contributed by atoms with Crippen molar-refractivity contribution in [1.82, 2.24) is 10.2 Å². The topological polar surface area (TPSA) is 15.3 Å². The van der Waals surface area contributed by atoms with Gasteiger partial charge >= 0.3 is 0 Å². The summed E-state index contributed by atoms with van der Waals surface area (Å²) in [6.07, 6.45) is 4.24. The van der Waals surface area contributed by atoms with Gasteiger partial charge in [-0.3, -0.25) is 0 Å². The fourth-order valence-corrected chi connectivity index (χ4v) is 2.34. The minimum absolute atomic E-state index is 0.874. The Balaban J connectivity index is 2.26. The highest BCUT2D eigenvalue weighted by atomic mass is 15.1. The van der Waals surface area contributed by atoms with Crippen molar-refractivity contribution in [3.05, 3.63) is 0 Å². The van der Waals surface area contributed by atoms with Gasteiger partial charge in [-0.25, -0.2) is 0 Å². The molecule has 0 saturated carbocycles. The molecule has 1 unspecified atom stereocenters. The molecular formula is C12H26N2. The molecule has 1 N–H and O–H groups in total. The standard InChI is InChI=1S/C12H26N2/c1-11(2)12-5-4-8-14(9-6-12)10-7-13-3/h11-13H,4-10H2,1-3H3. The van der Waals surface area contributed by atoms with Gasteiger partial charge in [0.05, 0.1) is 0 Å². The first-order valence-corrected chi connectivity index (χ1v) is 6.11. The average molecular weight is 198 g/mol. The van der Waals surface area contributed by atoms with Gasteiger partial charge in [-0.15, -0.1) is 0 Å². The van der Waals surface area contributed by atoms with Crippen molar-refractivity contribution in [2.24, 2.45) is 11.8 Å². The molecule has 1 saturated heterocycles. The van der Waals surface area contributed by atoms with Crippen LogP contribution in [-0.4, -0.2) is 38.1 Å². The smallest absolute Gasteiger partial charge is 0.0107 e. The van der Waals surface area contributed by atoms with E-state index in [4.69, 9.17) is 0 Å². The molecule has 0 aromatic carbocycles. The van der Waals surface area contributed by atoms with Crippen LogP contribution in [0.15, 0.2) is 0 Å². The molecule has 84 valence electrons. The zero-order valence-corrected chi connectivity index (χ0v) is 10.1. The molecule has 0 aromatic heterocycles. The molecule has 2 heteroatoms. The normalized spacial score (nSPS) is 25.3. The number of likely N-dealkylation sites (N-methyl/N-ethyl adjacent to an activating group) is 1. The second-order valence-electron chi connectivity index (χ2n) is 4.88. The summed E-state index contributed by atoms with van der Waals surface area (Å²) < 4.78 is 0. The van der Waals surface area contributed by atoms with E-state index in [1.165, 1.54) is 38.9 Å². The average Bonchev–Trinajstić information content (AvgIpc) is 2.39. The highest BCUT2D eigenvalue weighted by Gasteiger charge is 2.18. The molecule has 0 aliphatic carbocycles. The lowest BCUT2D eigenvalue weighted by Gasteiger charge is -2.20. The van der Waals surface area contributed by atoms with Gasteiger partial charge in [-0.2, -0.15) is 0 Å². The molecule has 1 rings (SSSR count). The van der Waals surface area contributed by atoms with Gasteiger partial charge in [0.1, 0.15) is 0 Å². The molecule has 0 amide bonds. The van der Waals surface area contributed by atoms with Crippen LogP contribution in [0.2, 0.25) is 0 Å². The maximum atomic E-state index is 3.23. The summed E-state index contributed by atoms with van der Waals surface area (Å²) in [6, 6.07) is 0. The summed E-state index contributed by atoms with van der Waals surface area (Å²) in [5, 5.41) is 3.23. The van der Waals surface area contributed by atoms with Crippen LogP contribution in [0.3, 0.4) is 0 Å². The van der Waals surface area contributed by atoms with Crippen LogP contribution in [0.25, 0.3) is 0 Å². The summed E-state index contributed by atoms with van der Waals surface area (Å²) in [7, 11) is 2.04. The van der Waals surface area contributed by atoms with Crippen molar-refractivity contribution in [2.45, 2.75) is 33.1 Å². The second kappa shape index (κ2) is 6.41. The Bertz CT molecular complexity index is 145. The Hall–Kier alpha value is -0.0800. The summed E-state index contributed by atoms with van der Waals surface area (Å²) in [5.41, 5.74) is 0. The Morgan fingerprint density at radius 3 is 2.71 bits per heavy atom. The van der Waals surface area contributed by atoms with E-state index >= 15 is 0 Å². The SMILES string of the molecule is CNCCN1CCCC(C(C)C)CC1. The largest absolute Gasteiger partial charge is 0.318 e. The van der Waals surface area contributed by atoms with E-state index in [1.807, 2.05) is 7.05 Å². The van der Waals surface area contributed by atoms with E-state index < -0.39 is 0 Å². The van der Waals surface area contributed by atoms with Crippen LogP contribution < -0.4 is 5.32 Å². The van der Waals surface area contributed by atoms with E-state index in [2.05, 4.69) is 24.1 Å². The minimum atomic E-state index is 0.874. The van der Waals surface area contributed by atoms with Gasteiger partial charge in [-0.05, 0) is 51.2 Å². The zero-order valence-electron chi connectivity index (χ0n) is 10.1. The number of likely N-dealkylation sites (tertiary alicyclic amines) is 1. The molecule has 1 atom stereocenters. The van der Waals surface area contributed by atoms with E-state index in [1.54, 1.807) is 0 Å². The van der Waals surface area contributed by atoms with Crippen LogP contribution in [-0.2, 0) is 0 Å². The highest BCUT2D eigenvalue weighted by Crippen LogP contribution is 2.24. The number of rotatable bonds is 4. The molecule has 1 aliphatic rings. The van der Waals surface area contributed by atoms with Crippen molar-refractivity contribution in [3.63, 3.8) is 0 Å². The Kier molecular flexibility index (Phi) is 5.49. The van der Waals surface area contributed by atoms with E-state index in [0.29, 0.717) is 0 Å². The third-order valence-electron chi connectivity index (χ3n) is 3.49. The van der Waals surface area contributed by atoms with Gasteiger partial charge in [-0.1, -0.05) is 13.8 Å². The van der Waals surface area contributed by atoms with Crippen molar-refractivity contribution in [1.29, 1.82) is 0 Å². The van der Waals surface area contributed by atoms with E-state index in [9.17, 15) is 0 Å². The molecule has 14 heavy (non-hydrogen) atoms. The van der Waals surface area contributed by atoms with Crippen LogP contribution >= 0.6 is 0 Å². The maximum Gasteiger partial charge on any atom is 0.0107 e. The summed E-state index contributed by atoms with van der Waals surface area (Å²) in [6.45, 7) is 9.71. The first kappa shape index (κ1) is 12.0. The van der Waals surface area contributed by atoms with Crippen molar-refractivity contribution in [3.8, 4) is 0 Å². The molecular weight excluding hydrogens is 172 g/mol. The third-order valence-corrected chi connectivity index (χ3v) is 3.49. The monoisotopic (exact) mass is 198 g/mol. The fourth-order valence-electron chi connectivity index (χ4n) is 2.34. The molecule has 2 nitrogen and oxygen atoms in total. The van der Waals surface area contributed by atoms with Gasteiger partial charge < -0.3 is 10.2 Å². The summed E-state index contributed by atoms with van der Waals surface area (Å²) in [5.74, 6) is 1.84. The van der Waals surface area contributed by atoms with Crippen LogP contribution in [0, 0.1) is 11.8 Å². The first-order valence-electron chi connectivity index (χ1n) is 6.11. The van der Waals surface area contributed by atoms with Gasteiger partial charge in [0.25, 0.3) is 0 Å². The predicted molar refractivity (Wildman–Crippen MR) is 62.5 cm³/mol. The number of nitrogens with one attached hydrogen (secondary N) is 1. The molecule has 0 aromatic rings. The minimum Gasteiger partial charge on any atom is -0.318 e. The van der Waals surface area contributed by atoms with Gasteiger partial charge in [0.2, 0.25) is 0 Å². The fraction of sp³-hybridized carbons (Fsp3) is 1.00. The Morgan fingerprint density at radius 1 is 1.29 bits per heavy atom. The number of hydrogen-bond donors (Lipinski definition) is 1. The molecule has 0 spiro atoms. The molecule has 1 fully saturated rings. The first-order chi connectivity index (χ1) is 6.74. The van der Waals surface area contributed by atoms with Crippen LogP contribution in [0.1, 0.15) is 33.1 Å². The highest BCUT2D eigenvalue weighted by molar-refractivity contribution is 4.72. The van der Waals surface area contributed by atoms with E-state index in [0.717, 1.165) is 18.4 Å². The Labute approximate surface area is 89.1 Å². The van der Waals surface area contributed by atoms with Crippen LogP contribution in [0.5, 0.6) is 0 Å². The quantitative estimate of drug-likeness (QED) is 0.743. The third kappa shape index (κ3) is 3.97. The Morgan fingerprint density at radius 2 is 2.07 bits per heavy atom. The van der Waals surface area contributed by atoms with Gasteiger partial charge in [0, 0.05) is 13.1 Å². The lowest BCUT2D eigenvalue weighted by Crippen LogP contribution is -2.31. The molecule has 0 bridgehead atoms. The van der Waals surface area contributed by atoms with Crippen LogP contribution in [0.4, 0.5) is 0 Å². The lowest BCUT2D eigenvalue weighted by molar-refractivity contribution is 0.273. The van der Waals surface area contributed by atoms with E-state index in [-0.39, 0.29) is 0 Å². The predicted octanol–water partition coefficient (Wildman–Crippen LogP) is 1.96. The van der Waals surface area contributed by atoms with Crippen molar-refractivity contribution in [2.75, 3.05) is 33.2 Å². The zero-order chi connectivity index (χ0) is 10.4. The number of nitrogens with zero attached hydrogens (tertiary/aromatic N) is 1. The van der Waals surface area contributed by atoms with Gasteiger partial charge in [0.15, 0.2) is 0 Å².